The lowest BCUT2D eigenvalue weighted by Crippen LogP contribution is -2.46. The normalized spacial score (nSPS) is 41.6. The Morgan fingerprint density at radius 2 is 2.00 bits per heavy atom. The number of fused-ring (bicyclic) bond motifs is 2. The van der Waals surface area contributed by atoms with Crippen molar-refractivity contribution in [3.63, 3.8) is 0 Å². The minimum absolute atomic E-state index is 0.0128. The molecule has 1 unspecified atom stereocenters. The molecule has 0 heterocycles. The largest absolute Gasteiger partial charge is 0.299 e. The molecule has 0 amide bonds. The second-order valence-corrected chi connectivity index (χ2v) is 7.33. The van der Waals surface area contributed by atoms with E-state index in [0.717, 1.165) is 6.42 Å². The summed E-state index contributed by atoms with van der Waals surface area (Å²) >= 11 is 0. The summed E-state index contributed by atoms with van der Waals surface area (Å²) < 4.78 is 31.4. The van der Waals surface area contributed by atoms with Crippen LogP contribution in [0.2, 0.25) is 0 Å². The molecule has 2 aliphatic carbocycles. The average Bonchev–Trinajstić information content (AvgIpc) is 2.33. The van der Waals surface area contributed by atoms with Crippen molar-refractivity contribution in [2.75, 3.05) is 5.75 Å². The van der Waals surface area contributed by atoms with Crippen LogP contribution in [0.25, 0.3) is 0 Å². The molecule has 0 aliphatic heterocycles. The van der Waals surface area contributed by atoms with E-state index in [1.165, 1.54) is 0 Å². The topological polar surface area (TPSA) is 71.4 Å². The third kappa shape index (κ3) is 1.31. The molecule has 16 heavy (non-hydrogen) atoms. The quantitative estimate of drug-likeness (QED) is 0.750. The van der Waals surface area contributed by atoms with Crippen molar-refractivity contribution in [3.8, 4) is 0 Å². The van der Waals surface area contributed by atoms with Crippen molar-refractivity contribution < 1.29 is 17.8 Å². The lowest BCUT2D eigenvalue weighted by atomic mass is 9.66. The number of Topliss-reactive ketones (excluding diaryl/α,β-unsaturated/α-hetero) is 1. The van der Waals surface area contributed by atoms with E-state index in [9.17, 15) is 13.2 Å². The number of carbonyl (C=O) groups excluding carboxylic acids is 1. The molecule has 2 aliphatic rings. The van der Waals surface area contributed by atoms with E-state index in [0.29, 0.717) is 6.42 Å². The van der Waals surface area contributed by atoms with E-state index < -0.39 is 21.3 Å². The molecular weight excluding hydrogens is 228 g/mol. The third-order valence-corrected chi connectivity index (χ3v) is 5.81. The lowest BCUT2D eigenvalue weighted by Gasteiger charge is -2.38. The fourth-order valence-corrected chi connectivity index (χ4v) is 5.39. The number of ketones is 1. The minimum atomic E-state index is -4.11. The minimum Gasteiger partial charge on any atom is -0.299 e. The average molecular weight is 246 g/mol. The Morgan fingerprint density at radius 3 is 2.38 bits per heavy atom. The highest BCUT2D eigenvalue weighted by Gasteiger charge is 2.68. The van der Waals surface area contributed by atoms with Crippen LogP contribution in [-0.4, -0.2) is 24.5 Å². The molecule has 0 aromatic heterocycles. The zero-order valence-electron chi connectivity index (χ0n) is 9.86. The molecule has 0 aromatic carbocycles. The van der Waals surface area contributed by atoms with Gasteiger partial charge in [0.15, 0.2) is 0 Å². The van der Waals surface area contributed by atoms with Crippen LogP contribution >= 0.6 is 0 Å². The highest BCUT2D eigenvalue weighted by Crippen LogP contribution is 2.66. The van der Waals surface area contributed by atoms with Crippen molar-refractivity contribution in [2.45, 2.75) is 33.6 Å². The molecule has 2 bridgehead atoms. The Labute approximate surface area is 96.2 Å². The van der Waals surface area contributed by atoms with E-state index in [1.807, 2.05) is 20.8 Å². The first kappa shape index (κ1) is 12.0. The Morgan fingerprint density at radius 1 is 1.44 bits per heavy atom. The maximum absolute atomic E-state index is 12.1. The molecule has 1 N–H and O–H groups in total. The van der Waals surface area contributed by atoms with Crippen LogP contribution in [0.5, 0.6) is 0 Å². The smallest absolute Gasteiger partial charge is 0.265 e. The van der Waals surface area contributed by atoms with Crippen LogP contribution in [0.4, 0.5) is 0 Å². The Bertz CT molecular complexity index is 437. The van der Waals surface area contributed by atoms with E-state index in [2.05, 4.69) is 0 Å². The summed E-state index contributed by atoms with van der Waals surface area (Å²) in [5.41, 5.74) is -1.19. The van der Waals surface area contributed by atoms with Gasteiger partial charge in [-0.2, -0.15) is 8.42 Å². The van der Waals surface area contributed by atoms with E-state index in [1.54, 1.807) is 0 Å². The van der Waals surface area contributed by atoms with Crippen molar-refractivity contribution in [1.29, 1.82) is 0 Å². The van der Waals surface area contributed by atoms with Crippen molar-refractivity contribution in [2.24, 2.45) is 22.7 Å². The summed E-state index contributed by atoms with van der Waals surface area (Å²) in [7, 11) is -4.11. The second-order valence-electron chi connectivity index (χ2n) is 5.88. The molecule has 4 nitrogen and oxygen atoms in total. The summed E-state index contributed by atoms with van der Waals surface area (Å²) in [5, 5.41) is 0. The van der Waals surface area contributed by atoms with Gasteiger partial charge in [0.2, 0.25) is 0 Å². The summed E-state index contributed by atoms with van der Waals surface area (Å²) in [6.45, 7) is 5.83. The summed E-state index contributed by atoms with van der Waals surface area (Å²) in [4.78, 5) is 12.1. The van der Waals surface area contributed by atoms with Gasteiger partial charge in [-0.3, -0.25) is 9.35 Å². The number of rotatable bonds is 2. The fourth-order valence-electron chi connectivity index (χ4n) is 4.00. The van der Waals surface area contributed by atoms with Crippen molar-refractivity contribution in [1.82, 2.24) is 0 Å². The number of hydrogen-bond acceptors (Lipinski definition) is 3. The first-order valence-electron chi connectivity index (χ1n) is 5.60. The Kier molecular flexibility index (Phi) is 2.31. The Balaban J connectivity index is 2.53. The maximum Gasteiger partial charge on any atom is 0.265 e. The highest BCUT2D eigenvalue weighted by atomic mass is 32.2. The van der Waals surface area contributed by atoms with Gasteiger partial charge in [-0.15, -0.1) is 0 Å². The molecule has 0 spiro atoms. The Hall–Kier alpha value is -0.420. The summed E-state index contributed by atoms with van der Waals surface area (Å²) in [6, 6.07) is 0. The van der Waals surface area contributed by atoms with Gasteiger partial charge in [-0.25, -0.2) is 0 Å². The molecule has 5 heteroatoms. The van der Waals surface area contributed by atoms with Crippen LogP contribution in [0.3, 0.4) is 0 Å². The van der Waals surface area contributed by atoms with Gasteiger partial charge in [-0.05, 0) is 23.7 Å². The van der Waals surface area contributed by atoms with Gasteiger partial charge in [0, 0.05) is 6.42 Å². The van der Waals surface area contributed by atoms with Gasteiger partial charge in [-0.1, -0.05) is 20.8 Å². The molecule has 0 radical (unpaired) electrons. The molecule has 2 fully saturated rings. The van der Waals surface area contributed by atoms with E-state index in [4.69, 9.17) is 4.55 Å². The standard InChI is InChI=1S/C11H18O4S/c1-7-4-8-5-9(12)11(7,10(8,2)3)6-16(13,14)15/h7-8H,4-6H2,1-3H3,(H,13,14,15)/t7-,8?,11+/m0/s1. The van der Waals surface area contributed by atoms with Gasteiger partial charge in [0.25, 0.3) is 10.1 Å². The number of hydrogen-bond donors (Lipinski definition) is 1. The SMILES string of the molecule is C[C@H]1CC2CC(=O)[C@]1(CS(=O)(=O)O)C2(C)C. The van der Waals surface area contributed by atoms with Gasteiger partial charge >= 0.3 is 0 Å². The van der Waals surface area contributed by atoms with Gasteiger partial charge < -0.3 is 0 Å². The van der Waals surface area contributed by atoms with Crippen molar-refractivity contribution >= 4 is 15.9 Å². The van der Waals surface area contributed by atoms with Crippen LogP contribution in [-0.2, 0) is 14.9 Å². The summed E-state index contributed by atoms with van der Waals surface area (Å²) in [6.07, 6.45) is 1.35. The molecule has 0 aromatic rings. The van der Waals surface area contributed by atoms with E-state index >= 15 is 0 Å². The highest BCUT2D eigenvalue weighted by molar-refractivity contribution is 7.85. The maximum atomic E-state index is 12.1. The first-order valence-corrected chi connectivity index (χ1v) is 7.20. The zero-order chi connectivity index (χ0) is 12.4. The molecule has 2 rings (SSSR count). The van der Waals surface area contributed by atoms with Gasteiger partial charge in [0.05, 0.1) is 11.2 Å². The molecule has 92 valence electrons. The third-order valence-electron chi connectivity index (χ3n) is 4.99. The fraction of sp³-hybridized carbons (Fsp3) is 0.909. The van der Waals surface area contributed by atoms with Gasteiger partial charge in [0.1, 0.15) is 5.78 Å². The number of carbonyl (C=O) groups is 1. The van der Waals surface area contributed by atoms with Crippen LogP contribution in [0.15, 0.2) is 0 Å². The van der Waals surface area contributed by atoms with E-state index in [-0.39, 0.29) is 23.0 Å². The lowest BCUT2D eigenvalue weighted by molar-refractivity contribution is -0.130. The molecule has 3 atom stereocenters. The van der Waals surface area contributed by atoms with Crippen molar-refractivity contribution in [3.05, 3.63) is 0 Å². The monoisotopic (exact) mass is 246 g/mol. The molecule has 2 saturated carbocycles. The predicted molar refractivity (Wildman–Crippen MR) is 59.5 cm³/mol. The predicted octanol–water partition coefficient (Wildman–Crippen LogP) is 1.52. The molecular formula is C11H18O4S. The van der Waals surface area contributed by atoms with Crippen LogP contribution in [0, 0.1) is 22.7 Å². The first-order chi connectivity index (χ1) is 7.11. The molecule has 0 saturated heterocycles. The summed E-state index contributed by atoms with van der Waals surface area (Å²) in [5.74, 6) is -0.102. The van der Waals surface area contributed by atoms with Crippen LogP contribution < -0.4 is 0 Å². The zero-order valence-corrected chi connectivity index (χ0v) is 10.7. The second kappa shape index (κ2) is 3.07. The van der Waals surface area contributed by atoms with Crippen LogP contribution in [0.1, 0.15) is 33.6 Å².